The topological polar surface area (TPSA) is 21.3 Å². The zero-order valence-electron chi connectivity index (χ0n) is 9.59. The van der Waals surface area contributed by atoms with Crippen molar-refractivity contribution in [3.63, 3.8) is 0 Å². The first-order chi connectivity index (χ1) is 7.74. The molecule has 0 radical (unpaired) electrons. The lowest BCUT2D eigenvalue weighted by Gasteiger charge is -2.19. The molecule has 0 aliphatic heterocycles. The lowest BCUT2D eigenvalue weighted by molar-refractivity contribution is 0.390. The van der Waals surface area contributed by atoms with Gasteiger partial charge in [-0.2, -0.15) is 0 Å². The average Bonchev–Trinajstić information content (AvgIpc) is 2.31. The molecule has 1 N–H and O–H groups in total. The van der Waals surface area contributed by atoms with Crippen LogP contribution in [-0.2, 0) is 0 Å². The number of hydrogen-bond acceptors (Lipinski definition) is 2. The van der Waals surface area contributed by atoms with Crippen LogP contribution in [0.2, 0.25) is 0 Å². The van der Waals surface area contributed by atoms with Gasteiger partial charge in [0.2, 0.25) is 0 Å². The van der Waals surface area contributed by atoms with Crippen molar-refractivity contribution in [2.45, 2.75) is 18.9 Å². The van der Waals surface area contributed by atoms with E-state index in [1.54, 1.807) is 19.2 Å². The Bertz CT molecular complexity index is 384. The largest absolute Gasteiger partial charge is 0.496 e. The van der Waals surface area contributed by atoms with E-state index in [0.717, 1.165) is 0 Å². The number of terminal acetylenes is 1. The zero-order valence-corrected chi connectivity index (χ0v) is 9.59. The maximum atomic E-state index is 13.7. The first-order valence-electron chi connectivity index (χ1n) is 5.17. The normalized spacial score (nSPS) is 11.9. The first-order valence-corrected chi connectivity index (χ1v) is 5.17. The molecule has 0 aromatic heterocycles. The van der Waals surface area contributed by atoms with Crippen LogP contribution in [-0.4, -0.2) is 14.2 Å². The van der Waals surface area contributed by atoms with Crippen molar-refractivity contribution in [1.82, 2.24) is 5.32 Å². The minimum atomic E-state index is -0.268. The number of methoxy groups -OCH3 is 1. The predicted octanol–water partition coefficient (Wildman–Crippen LogP) is 2.51. The van der Waals surface area contributed by atoms with Crippen molar-refractivity contribution >= 4 is 0 Å². The molecule has 3 heteroatoms. The van der Waals surface area contributed by atoms with Crippen LogP contribution in [0.4, 0.5) is 4.39 Å². The second-order valence-electron chi connectivity index (χ2n) is 3.44. The van der Waals surface area contributed by atoms with Gasteiger partial charge in [-0.1, -0.05) is 6.07 Å². The van der Waals surface area contributed by atoms with E-state index in [0.29, 0.717) is 24.2 Å². The summed E-state index contributed by atoms with van der Waals surface area (Å²) in [7, 11) is 3.32. The lowest BCUT2D eigenvalue weighted by atomic mass is 10.0. The molecule has 0 saturated carbocycles. The van der Waals surface area contributed by atoms with E-state index in [9.17, 15) is 4.39 Å². The fraction of sp³-hybridized carbons (Fsp3) is 0.385. The van der Waals surface area contributed by atoms with Crippen LogP contribution in [0, 0.1) is 18.2 Å². The van der Waals surface area contributed by atoms with Gasteiger partial charge in [0, 0.05) is 18.0 Å². The van der Waals surface area contributed by atoms with Crippen molar-refractivity contribution in [2.24, 2.45) is 0 Å². The van der Waals surface area contributed by atoms with Crippen molar-refractivity contribution in [3.05, 3.63) is 29.6 Å². The average molecular weight is 221 g/mol. The van der Waals surface area contributed by atoms with E-state index in [2.05, 4.69) is 11.2 Å². The Morgan fingerprint density at radius 2 is 2.31 bits per heavy atom. The molecule has 86 valence electrons. The summed E-state index contributed by atoms with van der Waals surface area (Å²) in [6.45, 7) is 0. The number of nitrogens with one attached hydrogen (secondary N) is 1. The molecule has 1 aromatic carbocycles. The molecule has 0 heterocycles. The number of halogens is 1. The van der Waals surface area contributed by atoms with Crippen LogP contribution in [0.5, 0.6) is 5.75 Å². The van der Waals surface area contributed by atoms with Crippen molar-refractivity contribution < 1.29 is 9.13 Å². The molecule has 0 bridgehead atoms. The van der Waals surface area contributed by atoms with E-state index in [-0.39, 0.29) is 11.9 Å². The summed E-state index contributed by atoms with van der Waals surface area (Å²) in [6.07, 6.45) is 6.50. The van der Waals surface area contributed by atoms with E-state index >= 15 is 0 Å². The number of rotatable bonds is 5. The number of benzene rings is 1. The van der Waals surface area contributed by atoms with Crippen LogP contribution in [0.1, 0.15) is 24.4 Å². The molecule has 1 rings (SSSR count). The molecule has 1 unspecified atom stereocenters. The summed E-state index contributed by atoms with van der Waals surface area (Å²) in [5.41, 5.74) is 0.544. The minimum absolute atomic E-state index is 0.118. The lowest BCUT2D eigenvalue weighted by Crippen LogP contribution is -2.18. The highest BCUT2D eigenvalue weighted by Crippen LogP contribution is 2.30. The maximum Gasteiger partial charge on any atom is 0.131 e. The quantitative estimate of drug-likeness (QED) is 0.771. The van der Waals surface area contributed by atoms with E-state index in [1.807, 2.05) is 0 Å². The molecular weight excluding hydrogens is 205 g/mol. The molecular formula is C13H16FNO. The Morgan fingerprint density at radius 1 is 1.56 bits per heavy atom. The number of hydrogen-bond donors (Lipinski definition) is 1. The third-order valence-corrected chi connectivity index (χ3v) is 2.51. The molecule has 16 heavy (non-hydrogen) atoms. The van der Waals surface area contributed by atoms with Gasteiger partial charge < -0.3 is 10.1 Å². The highest BCUT2D eigenvalue weighted by Gasteiger charge is 2.18. The summed E-state index contributed by atoms with van der Waals surface area (Å²) in [5.74, 6) is 2.84. The minimum Gasteiger partial charge on any atom is -0.496 e. The molecule has 0 spiro atoms. The van der Waals surface area contributed by atoms with Gasteiger partial charge in [0.1, 0.15) is 11.6 Å². The molecule has 2 nitrogen and oxygen atoms in total. The Kier molecular flexibility index (Phi) is 4.81. The van der Waals surface area contributed by atoms with E-state index in [4.69, 9.17) is 11.2 Å². The molecule has 0 fully saturated rings. The summed E-state index contributed by atoms with van der Waals surface area (Å²) in [6, 6.07) is 4.69. The molecule has 0 amide bonds. The van der Waals surface area contributed by atoms with Gasteiger partial charge in [0.25, 0.3) is 0 Å². The van der Waals surface area contributed by atoms with Crippen molar-refractivity contribution in [3.8, 4) is 18.1 Å². The molecule has 0 aliphatic rings. The van der Waals surface area contributed by atoms with Gasteiger partial charge in [-0.25, -0.2) is 4.39 Å². The predicted molar refractivity (Wildman–Crippen MR) is 62.8 cm³/mol. The zero-order chi connectivity index (χ0) is 12.0. The van der Waals surface area contributed by atoms with Crippen LogP contribution >= 0.6 is 0 Å². The Hall–Kier alpha value is -1.53. The summed E-state index contributed by atoms with van der Waals surface area (Å²) < 4.78 is 18.9. The van der Waals surface area contributed by atoms with Gasteiger partial charge in [0.15, 0.2) is 0 Å². The van der Waals surface area contributed by atoms with Crippen molar-refractivity contribution in [1.29, 1.82) is 0 Å². The molecule has 1 aromatic rings. The van der Waals surface area contributed by atoms with Gasteiger partial charge in [0.05, 0.1) is 7.11 Å². The van der Waals surface area contributed by atoms with E-state index < -0.39 is 0 Å². The standard InChI is InChI=1S/C13H16FNO/c1-4-5-8-11(15-2)13-10(14)7-6-9-12(13)16-3/h1,6-7,9,11,15H,5,8H2,2-3H3. The Balaban J connectivity index is 3.03. The smallest absolute Gasteiger partial charge is 0.131 e. The third kappa shape index (κ3) is 2.74. The Morgan fingerprint density at radius 3 is 2.88 bits per heavy atom. The van der Waals surface area contributed by atoms with Crippen LogP contribution in [0.3, 0.4) is 0 Å². The fourth-order valence-electron chi connectivity index (χ4n) is 1.69. The van der Waals surface area contributed by atoms with Gasteiger partial charge >= 0.3 is 0 Å². The van der Waals surface area contributed by atoms with Crippen LogP contribution in [0.25, 0.3) is 0 Å². The maximum absolute atomic E-state index is 13.7. The monoisotopic (exact) mass is 221 g/mol. The summed E-state index contributed by atoms with van der Waals surface area (Å²) in [5, 5.41) is 3.05. The second kappa shape index (κ2) is 6.14. The molecule has 1 atom stereocenters. The summed E-state index contributed by atoms with van der Waals surface area (Å²) in [4.78, 5) is 0. The van der Waals surface area contributed by atoms with Crippen molar-refractivity contribution in [2.75, 3.05) is 14.2 Å². The second-order valence-corrected chi connectivity index (χ2v) is 3.44. The van der Waals surface area contributed by atoms with Gasteiger partial charge in [-0.05, 0) is 25.6 Å². The SMILES string of the molecule is C#CCCC(NC)c1c(F)cccc1OC. The number of ether oxygens (including phenoxy) is 1. The molecule has 0 saturated heterocycles. The highest BCUT2D eigenvalue weighted by atomic mass is 19.1. The Labute approximate surface area is 95.8 Å². The van der Waals surface area contributed by atoms with Crippen LogP contribution < -0.4 is 10.1 Å². The third-order valence-electron chi connectivity index (χ3n) is 2.51. The molecule has 0 aliphatic carbocycles. The van der Waals surface area contributed by atoms with Gasteiger partial charge in [-0.15, -0.1) is 12.3 Å². The first kappa shape index (κ1) is 12.5. The van der Waals surface area contributed by atoms with E-state index in [1.165, 1.54) is 13.2 Å². The van der Waals surface area contributed by atoms with Gasteiger partial charge in [-0.3, -0.25) is 0 Å². The highest BCUT2D eigenvalue weighted by molar-refractivity contribution is 5.37. The summed E-state index contributed by atoms with van der Waals surface area (Å²) >= 11 is 0. The van der Waals surface area contributed by atoms with Crippen LogP contribution in [0.15, 0.2) is 18.2 Å². The fourth-order valence-corrected chi connectivity index (χ4v) is 1.69.